The van der Waals surface area contributed by atoms with Gasteiger partial charge in [0.25, 0.3) is 0 Å². The van der Waals surface area contributed by atoms with E-state index in [1.807, 2.05) is 6.07 Å². The van der Waals surface area contributed by atoms with Crippen LogP contribution in [0.4, 0.5) is 11.5 Å². The van der Waals surface area contributed by atoms with Gasteiger partial charge in [0, 0.05) is 24.9 Å². The lowest BCUT2D eigenvalue weighted by Gasteiger charge is -2.39. The second-order valence-corrected chi connectivity index (χ2v) is 5.91. The molecule has 23 heavy (non-hydrogen) atoms. The molecule has 2 aromatic rings. The third-order valence-electron chi connectivity index (χ3n) is 4.01. The van der Waals surface area contributed by atoms with Crippen LogP contribution in [0.2, 0.25) is 5.02 Å². The highest BCUT2D eigenvalue weighted by molar-refractivity contribution is 6.30. The van der Waals surface area contributed by atoms with Gasteiger partial charge >= 0.3 is 0 Å². The molecule has 0 spiro atoms. The second kappa shape index (κ2) is 5.96. The Labute approximate surface area is 138 Å². The summed E-state index contributed by atoms with van der Waals surface area (Å²) in [7, 11) is 1.71. The summed E-state index contributed by atoms with van der Waals surface area (Å²) in [6.45, 7) is 0. The Morgan fingerprint density at radius 1 is 1.35 bits per heavy atom. The number of hydrogen-bond donors (Lipinski definition) is 2. The average Bonchev–Trinajstić information content (AvgIpc) is 2.52. The maximum absolute atomic E-state index is 12.9. The molecule has 1 aromatic heterocycles. The summed E-state index contributed by atoms with van der Waals surface area (Å²) < 4.78 is 0. The first-order valence-corrected chi connectivity index (χ1v) is 7.50. The number of ketones is 1. The molecule has 3 rings (SSSR count). The van der Waals surface area contributed by atoms with E-state index in [1.165, 1.54) is 12.5 Å². The highest BCUT2D eigenvalue weighted by Crippen LogP contribution is 2.43. The Morgan fingerprint density at radius 2 is 2.13 bits per heavy atom. The number of nitrogens with zero attached hydrogens (tertiary/aromatic N) is 2. The van der Waals surface area contributed by atoms with E-state index in [1.54, 1.807) is 25.2 Å². The largest absolute Gasteiger partial charge is 0.371 e. The number of hydrogen-bond acceptors (Lipinski definition) is 5. The fourth-order valence-electron chi connectivity index (χ4n) is 2.77. The first kappa shape index (κ1) is 15.4. The van der Waals surface area contributed by atoms with Gasteiger partial charge in [-0.3, -0.25) is 9.59 Å². The van der Waals surface area contributed by atoms with E-state index in [-0.39, 0.29) is 24.5 Å². The maximum Gasteiger partial charge on any atom is 0.236 e. The molecule has 7 heteroatoms. The van der Waals surface area contributed by atoms with Gasteiger partial charge < -0.3 is 10.6 Å². The van der Waals surface area contributed by atoms with Crippen LogP contribution in [0.1, 0.15) is 18.4 Å². The fourth-order valence-corrected chi connectivity index (χ4v) is 2.96. The number of anilines is 2. The number of nitrogens with one attached hydrogen (secondary N) is 2. The normalized spacial score (nSPS) is 15.7. The molecule has 0 saturated heterocycles. The Hall–Kier alpha value is -2.47. The van der Waals surface area contributed by atoms with E-state index in [4.69, 9.17) is 11.6 Å². The van der Waals surface area contributed by atoms with Gasteiger partial charge in [0.1, 0.15) is 17.8 Å². The van der Waals surface area contributed by atoms with E-state index in [2.05, 4.69) is 20.6 Å². The van der Waals surface area contributed by atoms with Crippen LogP contribution in [0.3, 0.4) is 0 Å². The lowest BCUT2D eigenvalue weighted by atomic mass is 9.63. The molecule has 0 radical (unpaired) electrons. The third kappa shape index (κ3) is 2.77. The van der Waals surface area contributed by atoms with Crippen molar-refractivity contribution in [3.8, 4) is 0 Å². The SMILES string of the molecule is CNc1ncncc1NC(=O)C1(c2cccc(Cl)c2)CC(=O)C1. The number of Topliss-reactive ketones (excluding diaryl/α,β-unsaturated/α-hetero) is 1. The number of benzene rings is 1. The Morgan fingerprint density at radius 3 is 2.78 bits per heavy atom. The molecular weight excluding hydrogens is 316 g/mol. The van der Waals surface area contributed by atoms with Crippen LogP contribution < -0.4 is 10.6 Å². The summed E-state index contributed by atoms with van der Waals surface area (Å²) in [5.74, 6) is 0.309. The van der Waals surface area contributed by atoms with Crippen molar-refractivity contribution in [3.05, 3.63) is 47.4 Å². The van der Waals surface area contributed by atoms with E-state index in [9.17, 15) is 9.59 Å². The van der Waals surface area contributed by atoms with Crippen LogP contribution >= 0.6 is 11.6 Å². The van der Waals surface area contributed by atoms with Gasteiger partial charge in [0.2, 0.25) is 5.91 Å². The summed E-state index contributed by atoms with van der Waals surface area (Å²) in [5, 5.41) is 6.25. The summed E-state index contributed by atoms with van der Waals surface area (Å²) in [4.78, 5) is 32.4. The Kier molecular flexibility index (Phi) is 4.00. The molecule has 1 heterocycles. The standard InChI is InChI=1S/C16H15ClN4O2/c1-18-14-13(8-19-9-20-14)21-15(23)16(6-12(22)7-16)10-3-2-4-11(17)5-10/h2-5,8-9H,6-7H2,1H3,(H,21,23)(H,18,19,20). The molecule has 0 atom stereocenters. The Bertz CT molecular complexity index is 770. The fraction of sp³-hybridized carbons (Fsp3) is 0.250. The van der Waals surface area contributed by atoms with Crippen molar-refractivity contribution in [1.29, 1.82) is 0 Å². The number of amides is 1. The van der Waals surface area contributed by atoms with Crippen LogP contribution in [-0.2, 0) is 15.0 Å². The molecule has 0 bridgehead atoms. The molecule has 1 saturated carbocycles. The van der Waals surface area contributed by atoms with Crippen LogP contribution in [0, 0.1) is 0 Å². The summed E-state index contributed by atoms with van der Waals surface area (Å²) in [6.07, 6.45) is 3.24. The summed E-state index contributed by atoms with van der Waals surface area (Å²) >= 11 is 6.03. The quantitative estimate of drug-likeness (QED) is 0.899. The lowest BCUT2D eigenvalue weighted by molar-refractivity contribution is -0.138. The predicted molar refractivity (Wildman–Crippen MR) is 87.6 cm³/mol. The van der Waals surface area contributed by atoms with Crippen molar-refractivity contribution in [2.75, 3.05) is 17.7 Å². The van der Waals surface area contributed by atoms with Gasteiger partial charge in [-0.25, -0.2) is 9.97 Å². The number of rotatable bonds is 4. The number of halogens is 1. The molecule has 6 nitrogen and oxygen atoms in total. The molecule has 118 valence electrons. The minimum atomic E-state index is -0.886. The number of carbonyl (C=O) groups is 2. The summed E-state index contributed by atoms with van der Waals surface area (Å²) in [6, 6.07) is 7.06. The zero-order valence-corrected chi connectivity index (χ0v) is 13.2. The zero-order chi connectivity index (χ0) is 16.4. The lowest BCUT2D eigenvalue weighted by Crippen LogP contribution is -2.51. The highest BCUT2D eigenvalue weighted by atomic mass is 35.5. The van der Waals surface area contributed by atoms with Gasteiger partial charge in [-0.15, -0.1) is 0 Å². The van der Waals surface area contributed by atoms with Gasteiger partial charge in [-0.05, 0) is 17.7 Å². The van der Waals surface area contributed by atoms with Gasteiger partial charge in [0.05, 0.1) is 11.6 Å². The van der Waals surface area contributed by atoms with Crippen molar-refractivity contribution in [2.45, 2.75) is 18.3 Å². The smallest absolute Gasteiger partial charge is 0.236 e. The average molecular weight is 331 g/mol. The van der Waals surface area contributed by atoms with Crippen molar-refractivity contribution >= 4 is 34.8 Å². The van der Waals surface area contributed by atoms with Gasteiger partial charge in [-0.1, -0.05) is 23.7 Å². The van der Waals surface area contributed by atoms with E-state index >= 15 is 0 Å². The van der Waals surface area contributed by atoms with Crippen LogP contribution in [0.25, 0.3) is 0 Å². The molecule has 0 unspecified atom stereocenters. The van der Waals surface area contributed by atoms with Crippen molar-refractivity contribution in [1.82, 2.24) is 9.97 Å². The first-order chi connectivity index (χ1) is 11.0. The van der Waals surface area contributed by atoms with Gasteiger partial charge in [-0.2, -0.15) is 0 Å². The number of carbonyl (C=O) groups excluding carboxylic acids is 2. The molecular formula is C16H15ClN4O2. The molecule has 2 N–H and O–H groups in total. The maximum atomic E-state index is 12.9. The van der Waals surface area contributed by atoms with Crippen molar-refractivity contribution in [3.63, 3.8) is 0 Å². The van der Waals surface area contributed by atoms with E-state index in [0.29, 0.717) is 16.5 Å². The third-order valence-corrected chi connectivity index (χ3v) is 4.24. The molecule has 1 aromatic carbocycles. The first-order valence-electron chi connectivity index (χ1n) is 7.12. The van der Waals surface area contributed by atoms with Crippen molar-refractivity contribution < 1.29 is 9.59 Å². The van der Waals surface area contributed by atoms with E-state index in [0.717, 1.165) is 5.56 Å². The van der Waals surface area contributed by atoms with Crippen LogP contribution in [-0.4, -0.2) is 28.7 Å². The topological polar surface area (TPSA) is 84.0 Å². The monoisotopic (exact) mass is 330 g/mol. The van der Waals surface area contributed by atoms with Crippen LogP contribution in [0.15, 0.2) is 36.8 Å². The predicted octanol–water partition coefficient (Wildman–Crippen LogP) is 2.41. The minimum Gasteiger partial charge on any atom is -0.371 e. The molecule has 0 aliphatic heterocycles. The minimum absolute atomic E-state index is 0.0540. The Balaban J connectivity index is 1.93. The second-order valence-electron chi connectivity index (χ2n) is 5.47. The zero-order valence-electron chi connectivity index (χ0n) is 12.5. The molecule has 1 fully saturated rings. The number of aromatic nitrogens is 2. The van der Waals surface area contributed by atoms with E-state index < -0.39 is 5.41 Å². The van der Waals surface area contributed by atoms with Crippen molar-refractivity contribution in [2.24, 2.45) is 0 Å². The molecule has 1 aliphatic carbocycles. The van der Waals surface area contributed by atoms with Crippen LogP contribution in [0.5, 0.6) is 0 Å². The molecule has 1 aliphatic rings. The highest BCUT2D eigenvalue weighted by Gasteiger charge is 2.51. The van der Waals surface area contributed by atoms with Gasteiger partial charge in [0.15, 0.2) is 5.82 Å². The molecule has 1 amide bonds. The summed E-state index contributed by atoms with van der Waals surface area (Å²) in [5.41, 5.74) is 0.328.